The summed E-state index contributed by atoms with van der Waals surface area (Å²) in [6, 6.07) is 1.40. The van der Waals surface area contributed by atoms with Crippen molar-refractivity contribution in [1.82, 2.24) is 10.2 Å². The summed E-state index contributed by atoms with van der Waals surface area (Å²) in [6.45, 7) is 12.9. The number of nitrogens with one attached hydrogen (secondary N) is 1. The fourth-order valence-electron chi connectivity index (χ4n) is 2.43. The van der Waals surface area contributed by atoms with E-state index < -0.39 is 0 Å². The molecule has 0 saturated carbocycles. The van der Waals surface area contributed by atoms with Crippen molar-refractivity contribution >= 4 is 0 Å². The Morgan fingerprint density at radius 1 is 1.25 bits per heavy atom. The first kappa shape index (κ1) is 14.0. The van der Waals surface area contributed by atoms with Gasteiger partial charge in [0.2, 0.25) is 0 Å². The molecule has 0 radical (unpaired) electrons. The Labute approximate surface area is 102 Å². The van der Waals surface area contributed by atoms with Crippen LogP contribution in [0.2, 0.25) is 0 Å². The molecule has 0 aromatic carbocycles. The van der Waals surface area contributed by atoms with E-state index in [1.807, 2.05) is 0 Å². The Kier molecular flexibility index (Phi) is 6.37. The molecule has 1 rings (SSSR count). The van der Waals surface area contributed by atoms with Crippen molar-refractivity contribution in [3.63, 3.8) is 0 Å². The van der Waals surface area contributed by atoms with Crippen molar-refractivity contribution in [3.05, 3.63) is 0 Å². The number of piperidine rings is 1. The number of likely N-dealkylation sites (tertiary alicyclic amines) is 1. The molecule has 2 nitrogen and oxygen atoms in total. The van der Waals surface area contributed by atoms with Crippen molar-refractivity contribution in [3.8, 4) is 0 Å². The van der Waals surface area contributed by atoms with E-state index in [2.05, 4.69) is 37.9 Å². The van der Waals surface area contributed by atoms with Gasteiger partial charge in [-0.05, 0) is 25.3 Å². The van der Waals surface area contributed by atoms with Gasteiger partial charge in [-0.25, -0.2) is 0 Å². The molecule has 16 heavy (non-hydrogen) atoms. The summed E-state index contributed by atoms with van der Waals surface area (Å²) >= 11 is 0. The average Bonchev–Trinajstić information content (AvgIpc) is 2.27. The summed E-state index contributed by atoms with van der Waals surface area (Å²) in [5.41, 5.74) is 0. The first-order chi connectivity index (χ1) is 7.63. The van der Waals surface area contributed by atoms with E-state index in [1.54, 1.807) is 0 Å². The molecule has 2 unspecified atom stereocenters. The normalized spacial score (nSPS) is 24.9. The van der Waals surface area contributed by atoms with Crippen LogP contribution >= 0.6 is 0 Å². The average molecular weight is 226 g/mol. The molecule has 96 valence electrons. The molecule has 2 atom stereocenters. The van der Waals surface area contributed by atoms with Gasteiger partial charge in [-0.15, -0.1) is 0 Å². The number of hydrogen-bond donors (Lipinski definition) is 1. The van der Waals surface area contributed by atoms with Gasteiger partial charge in [0.15, 0.2) is 0 Å². The van der Waals surface area contributed by atoms with Gasteiger partial charge in [-0.2, -0.15) is 0 Å². The lowest BCUT2D eigenvalue weighted by Gasteiger charge is -2.37. The van der Waals surface area contributed by atoms with Crippen molar-refractivity contribution in [1.29, 1.82) is 0 Å². The molecule has 1 aliphatic rings. The van der Waals surface area contributed by atoms with Crippen LogP contribution in [-0.4, -0.2) is 36.6 Å². The van der Waals surface area contributed by atoms with E-state index in [4.69, 9.17) is 0 Å². The van der Waals surface area contributed by atoms with Gasteiger partial charge >= 0.3 is 0 Å². The van der Waals surface area contributed by atoms with Crippen LogP contribution < -0.4 is 5.32 Å². The lowest BCUT2D eigenvalue weighted by molar-refractivity contribution is 0.124. The Balaban J connectivity index is 2.37. The highest BCUT2D eigenvalue weighted by Gasteiger charge is 2.22. The Bertz CT molecular complexity index is 180. The van der Waals surface area contributed by atoms with E-state index in [1.165, 1.54) is 45.3 Å². The summed E-state index contributed by atoms with van der Waals surface area (Å²) in [4.78, 5) is 2.72. The summed E-state index contributed by atoms with van der Waals surface area (Å²) in [7, 11) is 0. The molecule has 1 N–H and O–H groups in total. The van der Waals surface area contributed by atoms with E-state index in [0.29, 0.717) is 6.04 Å². The zero-order valence-electron chi connectivity index (χ0n) is 11.6. The number of nitrogens with zero attached hydrogens (tertiary/aromatic N) is 1. The highest BCUT2D eigenvalue weighted by molar-refractivity contribution is 4.80. The monoisotopic (exact) mass is 226 g/mol. The predicted octanol–water partition coefficient (Wildman–Crippen LogP) is 2.89. The highest BCUT2D eigenvalue weighted by Crippen LogP contribution is 2.18. The van der Waals surface area contributed by atoms with Crippen LogP contribution in [0.15, 0.2) is 0 Å². The number of hydrogen-bond acceptors (Lipinski definition) is 2. The summed E-state index contributed by atoms with van der Waals surface area (Å²) in [5.74, 6) is 0.847. The third-order valence-corrected chi connectivity index (χ3v) is 3.75. The van der Waals surface area contributed by atoms with Crippen LogP contribution in [0, 0.1) is 5.92 Å². The molecule has 2 heteroatoms. The third-order valence-electron chi connectivity index (χ3n) is 3.75. The summed E-state index contributed by atoms with van der Waals surface area (Å²) < 4.78 is 0. The first-order valence-electron chi connectivity index (χ1n) is 7.11. The summed E-state index contributed by atoms with van der Waals surface area (Å²) in [5, 5.41) is 3.59. The maximum atomic E-state index is 3.59. The van der Waals surface area contributed by atoms with Crippen molar-refractivity contribution in [2.45, 2.75) is 65.5 Å². The molecular weight excluding hydrogens is 196 g/mol. The molecule has 0 aromatic rings. The third kappa shape index (κ3) is 4.84. The lowest BCUT2D eigenvalue weighted by Crippen LogP contribution is -2.48. The van der Waals surface area contributed by atoms with Crippen molar-refractivity contribution in [2.24, 2.45) is 5.92 Å². The van der Waals surface area contributed by atoms with Crippen LogP contribution in [0.5, 0.6) is 0 Å². The molecule has 0 bridgehead atoms. The maximum absolute atomic E-state index is 3.59. The second-order valence-corrected chi connectivity index (χ2v) is 5.72. The zero-order chi connectivity index (χ0) is 12.0. The van der Waals surface area contributed by atoms with Gasteiger partial charge < -0.3 is 5.32 Å². The van der Waals surface area contributed by atoms with E-state index in [9.17, 15) is 0 Å². The second-order valence-electron chi connectivity index (χ2n) is 5.72. The zero-order valence-corrected chi connectivity index (χ0v) is 11.6. The molecule has 1 saturated heterocycles. The van der Waals surface area contributed by atoms with E-state index >= 15 is 0 Å². The first-order valence-corrected chi connectivity index (χ1v) is 7.11. The molecule has 1 aliphatic heterocycles. The smallest absolute Gasteiger partial charge is 0.0220 e. The fraction of sp³-hybridized carbons (Fsp3) is 1.00. The molecule has 0 aromatic heterocycles. The molecule has 0 amide bonds. The Morgan fingerprint density at radius 2 is 2.00 bits per heavy atom. The minimum absolute atomic E-state index is 0.618. The van der Waals surface area contributed by atoms with Crippen LogP contribution in [0.25, 0.3) is 0 Å². The second kappa shape index (κ2) is 7.29. The molecule has 0 spiro atoms. The van der Waals surface area contributed by atoms with Crippen LogP contribution in [0.1, 0.15) is 53.4 Å². The Hall–Kier alpha value is -0.0800. The molecule has 1 fully saturated rings. The topological polar surface area (TPSA) is 15.3 Å². The quantitative estimate of drug-likeness (QED) is 0.749. The van der Waals surface area contributed by atoms with E-state index in [-0.39, 0.29) is 0 Å². The SMILES string of the molecule is CCC(C)CN1CCCCC1CNC(C)C. The van der Waals surface area contributed by atoms with E-state index in [0.717, 1.165) is 12.0 Å². The molecule has 1 heterocycles. The standard InChI is InChI=1S/C14H30N2/c1-5-13(4)11-16-9-7-6-8-14(16)10-15-12(2)3/h12-15H,5-11H2,1-4H3. The largest absolute Gasteiger partial charge is 0.313 e. The number of rotatable bonds is 6. The van der Waals surface area contributed by atoms with Gasteiger partial charge in [0.1, 0.15) is 0 Å². The fourth-order valence-corrected chi connectivity index (χ4v) is 2.43. The van der Waals surface area contributed by atoms with Crippen LogP contribution in [0.4, 0.5) is 0 Å². The van der Waals surface area contributed by atoms with Gasteiger partial charge in [0.25, 0.3) is 0 Å². The molecular formula is C14H30N2. The summed E-state index contributed by atoms with van der Waals surface area (Å²) in [6.07, 6.45) is 5.51. The van der Waals surface area contributed by atoms with Crippen LogP contribution in [-0.2, 0) is 0 Å². The van der Waals surface area contributed by atoms with Crippen LogP contribution in [0.3, 0.4) is 0 Å². The lowest BCUT2D eigenvalue weighted by atomic mass is 9.99. The van der Waals surface area contributed by atoms with Gasteiger partial charge in [-0.3, -0.25) is 4.90 Å². The van der Waals surface area contributed by atoms with Gasteiger partial charge in [0, 0.05) is 25.2 Å². The minimum atomic E-state index is 0.618. The highest BCUT2D eigenvalue weighted by atomic mass is 15.2. The maximum Gasteiger partial charge on any atom is 0.0220 e. The minimum Gasteiger partial charge on any atom is -0.313 e. The predicted molar refractivity (Wildman–Crippen MR) is 71.8 cm³/mol. The Morgan fingerprint density at radius 3 is 2.62 bits per heavy atom. The van der Waals surface area contributed by atoms with Crippen molar-refractivity contribution in [2.75, 3.05) is 19.6 Å². The van der Waals surface area contributed by atoms with Gasteiger partial charge in [0.05, 0.1) is 0 Å². The van der Waals surface area contributed by atoms with Gasteiger partial charge in [-0.1, -0.05) is 40.5 Å². The molecule has 0 aliphatic carbocycles. The van der Waals surface area contributed by atoms with Crippen molar-refractivity contribution < 1.29 is 0 Å².